The van der Waals surface area contributed by atoms with Gasteiger partial charge in [0.05, 0.1) is 5.56 Å². The minimum Gasteiger partial charge on any atom is -0.367 e. The Hall–Kier alpha value is -1.62. The van der Waals surface area contributed by atoms with Gasteiger partial charge in [-0.05, 0) is 63.5 Å². The molecule has 2 bridgehead atoms. The van der Waals surface area contributed by atoms with Crippen LogP contribution in [-0.4, -0.2) is 29.0 Å². The molecular weight excluding hydrogens is 288 g/mol. The van der Waals surface area contributed by atoms with Crippen molar-refractivity contribution < 1.29 is 4.79 Å². The summed E-state index contributed by atoms with van der Waals surface area (Å²) in [5, 5.41) is 6.55. The third kappa shape index (κ3) is 3.66. The van der Waals surface area contributed by atoms with Crippen molar-refractivity contribution in [2.45, 2.75) is 64.1 Å². The number of amides is 1. The van der Waals surface area contributed by atoms with Crippen molar-refractivity contribution in [3.05, 3.63) is 23.9 Å². The van der Waals surface area contributed by atoms with Crippen LogP contribution >= 0.6 is 0 Å². The van der Waals surface area contributed by atoms with Gasteiger partial charge in [0, 0.05) is 24.3 Å². The first-order valence-electron chi connectivity index (χ1n) is 8.82. The smallest absolute Gasteiger partial charge is 0.255 e. The minimum atomic E-state index is -0.0152. The predicted octanol–water partition coefficient (Wildman–Crippen LogP) is 2.54. The summed E-state index contributed by atoms with van der Waals surface area (Å²) >= 11 is 0. The van der Waals surface area contributed by atoms with Crippen LogP contribution in [0.1, 0.15) is 56.3 Å². The fourth-order valence-corrected chi connectivity index (χ4v) is 4.23. The number of rotatable bonds is 4. The standard InChI is InChI=1S/C18H28N4O/c1-11(2)21-17-15(7-4-8-20-17)18(23)22-16-12-5-3-6-13(16)10-14(19)9-12/h4,7-8,11-14,16H,3,5-6,9-10,19H2,1-2H3,(H,20,21)(H,22,23). The summed E-state index contributed by atoms with van der Waals surface area (Å²) in [5.74, 6) is 1.70. The number of fused-ring (bicyclic) bond motifs is 2. The molecule has 5 heteroatoms. The molecule has 0 aromatic carbocycles. The van der Waals surface area contributed by atoms with E-state index in [1.54, 1.807) is 6.20 Å². The molecule has 5 nitrogen and oxygen atoms in total. The number of hydrogen-bond donors (Lipinski definition) is 3. The number of nitrogens with two attached hydrogens (primary N) is 1. The van der Waals surface area contributed by atoms with Crippen molar-refractivity contribution in [1.29, 1.82) is 0 Å². The second kappa shape index (κ2) is 6.87. The lowest BCUT2D eigenvalue weighted by atomic mass is 9.67. The molecule has 0 radical (unpaired) electrons. The number of anilines is 1. The predicted molar refractivity (Wildman–Crippen MR) is 92.3 cm³/mol. The van der Waals surface area contributed by atoms with Gasteiger partial charge >= 0.3 is 0 Å². The molecule has 1 aromatic heterocycles. The van der Waals surface area contributed by atoms with Gasteiger partial charge in [0.15, 0.2) is 0 Å². The summed E-state index contributed by atoms with van der Waals surface area (Å²) in [6.07, 6.45) is 7.41. The van der Waals surface area contributed by atoms with Gasteiger partial charge in [-0.3, -0.25) is 4.79 Å². The lowest BCUT2D eigenvalue weighted by Gasteiger charge is -2.45. The van der Waals surface area contributed by atoms with E-state index in [9.17, 15) is 4.79 Å². The Labute approximate surface area is 138 Å². The van der Waals surface area contributed by atoms with E-state index in [0.717, 1.165) is 12.8 Å². The molecule has 126 valence electrons. The van der Waals surface area contributed by atoms with Crippen molar-refractivity contribution in [2.75, 3.05) is 5.32 Å². The number of carbonyl (C=O) groups is 1. The van der Waals surface area contributed by atoms with Crippen LogP contribution < -0.4 is 16.4 Å². The summed E-state index contributed by atoms with van der Waals surface area (Å²) in [7, 11) is 0. The molecule has 0 aliphatic heterocycles. The van der Waals surface area contributed by atoms with Crippen molar-refractivity contribution in [3.8, 4) is 0 Å². The Kier molecular flexibility index (Phi) is 4.85. The number of nitrogens with zero attached hydrogens (tertiary/aromatic N) is 1. The van der Waals surface area contributed by atoms with E-state index in [2.05, 4.69) is 15.6 Å². The summed E-state index contributed by atoms with van der Waals surface area (Å²) in [6.45, 7) is 4.09. The number of hydrogen-bond acceptors (Lipinski definition) is 4. The zero-order valence-electron chi connectivity index (χ0n) is 14.1. The van der Waals surface area contributed by atoms with Crippen LogP contribution in [0.2, 0.25) is 0 Å². The van der Waals surface area contributed by atoms with Gasteiger partial charge < -0.3 is 16.4 Å². The molecule has 1 amide bonds. The van der Waals surface area contributed by atoms with Gasteiger partial charge in [-0.1, -0.05) is 6.42 Å². The van der Waals surface area contributed by atoms with E-state index in [1.165, 1.54) is 19.3 Å². The van der Waals surface area contributed by atoms with Gasteiger partial charge in [0.25, 0.3) is 5.91 Å². The minimum absolute atomic E-state index is 0.0152. The molecule has 2 fully saturated rings. The SMILES string of the molecule is CC(C)Nc1ncccc1C(=O)NC1C2CCCC1CC(N)C2. The van der Waals surface area contributed by atoms with Crippen LogP contribution in [0.15, 0.2) is 18.3 Å². The first-order chi connectivity index (χ1) is 11.0. The molecule has 2 unspecified atom stereocenters. The highest BCUT2D eigenvalue weighted by molar-refractivity contribution is 5.98. The van der Waals surface area contributed by atoms with E-state index in [4.69, 9.17) is 5.73 Å². The average Bonchev–Trinajstić information content (AvgIpc) is 2.48. The topological polar surface area (TPSA) is 80.0 Å². The molecule has 2 saturated carbocycles. The Morgan fingerprint density at radius 2 is 2.00 bits per heavy atom. The van der Waals surface area contributed by atoms with Gasteiger partial charge in [0.1, 0.15) is 5.82 Å². The highest BCUT2D eigenvalue weighted by Gasteiger charge is 2.40. The Balaban J connectivity index is 1.74. The van der Waals surface area contributed by atoms with Crippen LogP contribution in [0.4, 0.5) is 5.82 Å². The van der Waals surface area contributed by atoms with E-state index >= 15 is 0 Å². The lowest BCUT2D eigenvalue weighted by molar-refractivity contribution is 0.0756. The molecule has 1 heterocycles. The first-order valence-corrected chi connectivity index (χ1v) is 8.82. The lowest BCUT2D eigenvalue weighted by Crippen LogP contribution is -2.53. The first kappa shape index (κ1) is 16.2. The Morgan fingerprint density at radius 3 is 2.65 bits per heavy atom. The van der Waals surface area contributed by atoms with Gasteiger partial charge in [-0.25, -0.2) is 4.98 Å². The summed E-state index contributed by atoms with van der Waals surface area (Å²) < 4.78 is 0. The highest BCUT2D eigenvalue weighted by atomic mass is 16.1. The van der Waals surface area contributed by atoms with Crippen LogP contribution in [0.3, 0.4) is 0 Å². The Morgan fingerprint density at radius 1 is 1.30 bits per heavy atom. The zero-order valence-corrected chi connectivity index (χ0v) is 14.1. The second-order valence-corrected chi connectivity index (χ2v) is 7.38. The zero-order chi connectivity index (χ0) is 16.4. The monoisotopic (exact) mass is 316 g/mol. The maximum atomic E-state index is 12.8. The maximum absolute atomic E-state index is 12.8. The van der Waals surface area contributed by atoms with E-state index < -0.39 is 0 Å². The van der Waals surface area contributed by atoms with E-state index in [0.29, 0.717) is 29.3 Å². The molecule has 1 aromatic rings. The third-order valence-electron chi connectivity index (χ3n) is 5.15. The molecule has 0 saturated heterocycles. The summed E-state index contributed by atoms with van der Waals surface area (Å²) in [4.78, 5) is 17.1. The number of aromatic nitrogens is 1. The molecule has 23 heavy (non-hydrogen) atoms. The molecule has 2 aliphatic rings. The Bertz CT molecular complexity index is 546. The maximum Gasteiger partial charge on any atom is 0.255 e. The highest BCUT2D eigenvalue weighted by Crippen LogP contribution is 2.39. The normalized spacial score (nSPS) is 30.1. The largest absolute Gasteiger partial charge is 0.367 e. The van der Waals surface area contributed by atoms with Crippen molar-refractivity contribution in [2.24, 2.45) is 17.6 Å². The van der Waals surface area contributed by atoms with Gasteiger partial charge in [-0.2, -0.15) is 0 Å². The molecule has 2 aliphatic carbocycles. The number of nitrogens with one attached hydrogen (secondary N) is 2. The molecule has 3 rings (SSSR count). The molecule has 2 atom stereocenters. The van der Waals surface area contributed by atoms with Gasteiger partial charge in [0.2, 0.25) is 0 Å². The van der Waals surface area contributed by atoms with Crippen molar-refractivity contribution >= 4 is 11.7 Å². The fourth-order valence-electron chi connectivity index (χ4n) is 4.23. The second-order valence-electron chi connectivity index (χ2n) is 7.38. The average molecular weight is 316 g/mol. The molecule has 0 spiro atoms. The van der Waals surface area contributed by atoms with Gasteiger partial charge in [-0.15, -0.1) is 0 Å². The van der Waals surface area contributed by atoms with Crippen molar-refractivity contribution in [1.82, 2.24) is 10.3 Å². The third-order valence-corrected chi connectivity index (χ3v) is 5.15. The van der Waals surface area contributed by atoms with E-state index in [-0.39, 0.29) is 18.0 Å². The van der Waals surface area contributed by atoms with E-state index in [1.807, 2.05) is 26.0 Å². The van der Waals surface area contributed by atoms with Crippen LogP contribution in [0.25, 0.3) is 0 Å². The number of pyridine rings is 1. The summed E-state index contributed by atoms with van der Waals surface area (Å²) in [5.41, 5.74) is 6.81. The van der Waals surface area contributed by atoms with Crippen LogP contribution in [0.5, 0.6) is 0 Å². The summed E-state index contributed by atoms with van der Waals surface area (Å²) in [6, 6.07) is 4.47. The quantitative estimate of drug-likeness (QED) is 0.797. The van der Waals surface area contributed by atoms with Crippen molar-refractivity contribution in [3.63, 3.8) is 0 Å². The molecule has 4 N–H and O–H groups in total. The number of carbonyl (C=O) groups excluding carboxylic acids is 1. The molecular formula is C18H28N4O. The fraction of sp³-hybridized carbons (Fsp3) is 0.667. The van der Waals surface area contributed by atoms with Crippen LogP contribution in [0, 0.1) is 11.8 Å². The van der Waals surface area contributed by atoms with Crippen LogP contribution in [-0.2, 0) is 0 Å².